The molecule has 1 aliphatic rings. The second-order valence-electron chi connectivity index (χ2n) is 4.74. The van der Waals surface area contributed by atoms with Gasteiger partial charge in [0.25, 0.3) is 0 Å². The lowest BCUT2D eigenvalue weighted by atomic mass is 10.1. The summed E-state index contributed by atoms with van der Waals surface area (Å²) >= 11 is 5.84. The van der Waals surface area contributed by atoms with Gasteiger partial charge in [-0.1, -0.05) is 23.7 Å². The molecular weight excluding hydrogens is 264 g/mol. The Morgan fingerprint density at radius 2 is 2.26 bits per heavy atom. The second kappa shape index (κ2) is 6.89. The van der Waals surface area contributed by atoms with E-state index in [1.165, 1.54) is 0 Å². The number of halogens is 1. The molecule has 0 saturated carbocycles. The van der Waals surface area contributed by atoms with Crippen molar-refractivity contribution in [2.24, 2.45) is 0 Å². The van der Waals surface area contributed by atoms with Crippen LogP contribution in [0.5, 0.6) is 0 Å². The van der Waals surface area contributed by atoms with Gasteiger partial charge in [0.2, 0.25) is 5.91 Å². The predicted octanol–water partition coefficient (Wildman–Crippen LogP) is 1.90. The van der Waals surface area contributed by atoms with Crippen LogP contribution in [0.1, 0.15) is 24.9 Å². The molecule has 5 heteroatoms. The molecule has 1 aliphatic heterocycles. The third-order valence-electron chi connectivity index (χ3n) is 3.16. The van der Waals surface area contributed by atoms with Gasteiger partial charge in [-0.15, -0.1) is 0 Å². The number of hydrogen-bond donors (Lipinski definition) is 2. The molecule has 0 spiro atoms. The summed E-state index contributed by atoms with van der Waals surface area (Å²) < 4.78 is 5.51. The summed E-state index contributed by atoms with van der Waals surface area (Å²) in [7, 11) is 0. The molecule has 0 radical (unpaired) electrons. The molecule has 0 aromatic heterocycles. The molecule has 19 heavy (non-hydrogen) atoms. The van der Waals surface area contributed by atoms with Crippen LogP contribution in [0.3, 0.4) is 0 Å². The van der Waals surface area contributed by atoms with Gasteiger partial charge >= 0.3 is 0 Å². The van der Waals surface area contributed by atoms with E-state index in [1.54, 1.807) is 0 Å². The van der Waals surface area contributed by atoms with E-state index in [0.29, 0.717) is 18.1 Å². The molecule has 4 nitrogen and oxygen atoms in total. The molecular formula is C14H19ClN2O2. The first kappa shape index (κ1) is 14.3. The quantitative estimate of drug-likeness (QED) is 0.887. The van der Waals surface area contributed by atoms with Crippen LogP contribution in [-0.4, -0.2) is 31.7 Å². The summed E-state index contributed by atoms with van der Waals surface area (Å²) in [5.74, 6) is 0.0103. The van der Waals surface area contributed by atoms with Crippen molar-refractivity contribution in [1.29, 1.82) is 0 Å². The number of benzene rings is 1. The fourth-order valence-electron chi connectivity index (χ4n) is 2.09. The number of ether oxygens (including phenoxy) is 1. The fraction of sp³-hybridized carbons (Fsp3) is 0.500. The standard InChI is InChI=1S/C14H19ClN2O2/c1-10(11-2-4-12(15)5-3-11)17-14(18)8-13-9-16-6-7-19-13/h2-5,10,13,16H,6-9H2,1H3,(H,17,18)/t10-,13?/m0/s1. The van der Waals surface area contributed by atoms with Gasteiger partial charge in [-0.05, 0) is 24.6 Å². The van der Waals surface area contributed by atoms with Gasteiger partial charge in [0.05, 0.1) is 25.2 Å². The van der Waals surface area contributed by atoms with Crippen molar-refractivity contribution >= 4 is 17.5 Å². The molecule has 1 amide bonds. The highest BCUT2D eigenvalue weighted by Crippen LogP contribution is 2.16. The van der Waals surface area contributed by atoms with Crippen LogP contribution in [0.15, 0.2) is 24.3 Å². The molecule has 2 atom stereocenters. The maximum Gasteiger partial charge on any atom is 0.223 e. The largest absolute Gasteiger partial charge is 0.375 e. The molecule has 1 fully saturated rings. The summed E-state index contributed by atoms with van der Waals surface area (Å²) in [6.45, 7) is 4.23. The van der Waals surface area contributed by atoms with E-state index in [9.17, 15) is 4.79 Å². The first-order valence-electron chi connectivity index (χ1n) is 6.52. The highest BCUT2D eigenvalue weighted by atomic mass is 35.5. The van der Waals surface area contributed by atoms with E-state index >= 15 is 0 Å². The van der Waals surface area contributed by atoms with Crippen LogP contribution < -0.4 is 10.6 Å². The number of hydrogen-bond acceptors (Lipinski definition) is 3. The van der Waals surface area contributed by atoms with E-state index in [4.69, 9.17) is 16.3 Å². The van der Waals surface area contributed by atoms with Crippen LogP contribution in [0.4, 0.5) is 0 Å². The molecule has 2 rings (SSSR count). The minimum atomic E-state index is -0.0266. The van der Waals surface area contributed by atoms with E-state index in [0.717, 1.165) is 18.7 Å². The second-order valence-corrected chi connectivity index (χ2v) is 5.18. The van der Waals surface area contributed by atoms with Gasteiger partial charge < -0.3 is 15.4 Å². The molecule has 2 N–H and O–H groups in total. The first-order chi connectivity index (χ1) is 9.15. The summed E-state index contributed by atoms with van der Waals surface area (Å²) in [5.41, 5.74) is 1.04. The zero-order valence-corrected chi connectivity index (χ0v) is 11.7. The number of carbonyl (C=O) groups is 1. The Hall–Kier alpha value is -1.10. The number of nitrogens with one attached hydrogen (secondary N) is 2. The van der Waals surface area contributed by atoms with Crippen molar-refractivity contribution in [3.8, 4) is 0 Å². The van der Waals surface area contributed by atoms with E-state index in [2.05, 4.69) is 10.6 Å². The Morgan fingerprint density at radius 1 is 1.53 bits per heavy atom. The monoisotopic (exact) mass is 282 g/mol. The molecule has 0 bridgehead atoms. The Balaban J connectivity index is 1.82. The minimum absolute atomic E-state index is 0.0103. The molecule has 104 valence electrons. The van der Waals surface area contributed by atoms with Gasteiger partial charge in [0, 0.05) is 18.1 Å². The molecule has 1 aromatic carbocycles. The van der Waals surface area contributed by atoms with Gasteiger partial charge in [-0.2, -0.15) is 0 Å². The van der Waals surface area contributed by atoms with Gasteiger partial charge in [0.15, 0.2) is 0 Å². The fourth-order valence-corrected chi connectivity index (χ4v) is 2.22. The summed E-state index contributed by atoms with van der Waals surface area (Å²) in [5, 5.41) is 6.88. The number of rotatable bonds is 4. The van der Waals surface area contributed by atoms with Crippen LogP contribution in [0.2, 0.25) is 5.02 Å². The molecule has 1 aromatic rings. The van der Waals surface area contributed by atoms with Crippen molar-refractivity contribution in [2.45, 2.75) is 25.5 Å². The predicted molar refractivity (Wildman–Crippen MR) is 75.2 cm³/mol. The topological polar surface area (TPSA) is 50.4 Å². The normalized spacial score (nSPS) is 20.8. The third-order valence-corrected chi connectivity index (χ3v) is 3.42. The maximum atomic E-state index is 11.9. The molecule has 1 unspecified atom stereocenters. The lowest BCUT2D eigenvalue weighted by Crippen LogP contribution is -2.41. The molecule has 1 heterocycles. The average molecular weight is 283 g/mol. The highest BCUT2D eigenvalue weighted by Gasteiger charge is 2.18. The van der Waals surface area contributed by atoms with Gasteiger partial charge in [-0.25, -0.2) is 0 Å². The van der Waals surface area contributed by atoms with E-state index < -0.39 is 0 Å². The summed E-state index contributed by atoms with van der Waals surface area (Å²) in [6, 6.07) is 7.47. The van der Waals surface area contributed by atoms with E-state index in [-0.39, 0.29) is 18.1 Å². The van der Waals surface area contributed by atoms with Crippen LogP contribution >= 0.6 is 11.6 Å². The van der Waals surface area contributed by atoms with E-state index in [1.807, 2.05) is 31.2 Å². The average Bonchev–Trinajstić information content (AvgIpc) is 2.40. The SMILES string of the molecule is C[C@H](NC(=O)CC1CNCCO1)c1ccc(Cl)cc1. The summed E-state index contributed by atoms with van der Waals surface area (Å²) in [6.07, 6.45) is 0.372. The Labute approximate surface area is 118 Å². The minimum Gasteiger partial charge on any atom is -0.375 e. The van der Waals surface area contributed by atoms with Crippen molar-refractivity contribution in [1.82, 2.24) is 10.6 Å². The smallest absolute Gasteiger partial charge is 0.223 e. The Morgan fingerprint density at radius 3 is 2.89 bits per heavy atom. The number of carbonyl (C=O) groups excluding carboxylic acids is 1. The first-order valence-corrected chi connectivity index (χ1v) is 6.90. The number of amides is 1. The van der Waals surface area contributed by atoms with Crippen LogP contribution in [0.25, 0.3) is 0 Å². The highest BCUT2D eigenvalue weighted by molar-refractivity contribution is 6.30. The molecule has 1 saturated heterocycles. The Bertz CT molecular complexity index is 416. The van der Waals surface area contributed by atoms with Crippen LogP contribution in [0, 0.1) is 0 Å². The zero-order chi connectivity index (χ0) is 13.7. The van der Waals surface area contributed by atoms with Gasteiger partial charge in [0.1, 0.15) is 0 Å². The van der Waals surface area contributed by atoms with Crippen molar-refractivity contribution in [3.05, 3.63) is 34.9 Å². The van der Waals surface area contributed by atoms with Crippen LogP contribution in [-0.2, 0) is 9.53 Å². The lowest BCUT2D eigenvalue weighted by molar-refractivity contribution is -0.125. The summed E-state index contributed by atoms with van der Waals surface area (Å²) in [4.78, 5) is 11.9. The van der Waals surface area contributed by atoms with Gasteiger partial charge in [-0.3, -0.25) is 4.79 Å². The maximum absolute atomic E-state index is 11.9. The number of morpholine rings is 1. The van der Waals surface area contributed by atoms with Crippen molar-refractivity contribution < 1.29 is 9.53 Å². The van der Waals surface area contributed by atoms with Crippen molar-refractivity contribution in [2.75, 3.05) is 19.7 Å². The molecule has 0 aliphatic carbocycles. The third kappa shape index (κ3) is 4.49. The Kier molecular flexibility index (Phi) is 5.19. The lowest BCUT2D eigenvalue weighted by Gasteiger charge is -2.24. The zero-order valence-electron chi connectivity index (χ0n) is 11.0. The van der Waals surface area contributed by atoms with Crippen molar-refractivity contribution in [3.63, 3.8) is 0 Å².